The summed E-state index contributed by atoms with van der Waals surface area (Å²) in [6.45, 7) is 5.87. The Morgan fingerprint density at radius 3 is 2.42 bits per heavy atom. The normalized spacial score (nSPS) is 11.2. The molecule has 0 atom stereocenters. The number of anilines is 1. The molecule has 1 N–H and O–H groups in total. The molecule has 6 nitrogen and oxygen atoms in total. The number of furan rings is 1. The van der Waals surface area contributed by atoms with Crippen LogP contribution in [0, 0.1) is 20.8 Å². The lowest BCUT2D eigenvalue weighted by Crippen LogP contribution is -2.11. The van der Waals surface area contributed by atoms with E-state index in [0.29, 0.717) is 22.0 Å². The molecule has 0 radical (unpaired) electrons. The summed E-state index contributed by atoms with van der Waals surface area (Å²) in [5.74, 6) is 0.467. The Morgan fingerprint density at radius 1 is 0.939 bits per heavy atom. The van der Waals surface area contributed by atoms with E-state index in [2.05, 4.69) is 15.5 Å². The maximum absolute atomic E-state index is 12.9. The molecule has 1 amide bonds. The van der Waals surface area contributed by atoms with E-state index in [-0.39, 0.29) is 11.7 Å². The van der Waals surface area contributed by atoms with Crippen LogP contribution in [0.1, 0.15) is 27.2 Å². The number of fused-ring (bicyclic) bond motifs is 1. The van der Waals surface area contributed by atoms with Crippen molar-refractivity contribution in [1.82, 2.24) is 15.0 Å². The maximum atomic E-state index is 12.9. The van der Waals surface area contributed by atoms with Gasteiger partial charge in [0.25, 0.3) is 5.91 Å². The first-order chi connectivity index (χ1) is 15.9. The van der Waals surface area contributed by atoms with Gasteiger partial charge in [0.1, 0.15) is 16.8 Å². The first-order valence-corrected chi connectivity index (χ1v) is 10.9. The highest BCUT2D eigenvalue weighted by atomic mass is 35.5. The van der Waals surface area contributed by atoms with Crippen molar-refractivity contribution >= 4 is 34.2 Å². The molecule has 0 unspecified atom stereocenters. The summed E-state index contributed by atoms with van der Waals surface area (Å²) in [7, 11) is 0. The van der Waals surface area contributed by atoms with Crippen LogP contribution in [0.3, 0.4) is 0 Å². The average Bonchev–Trinajstić information content (AvgIpc) is 3.44. The standard InChI is InChI=1S/C26H21ClN4O2/c1-15-7-9-18(10-8-15)31-29-22-13-16(2)21(14-23(22)30-31)28-26(32)25-12-11-24(33-25)19-5-4-6-20(27)17(19)3/h4-14H,1-3H3,(H,28,32). The second-order valence-electron chi connectivity index (χ2n) is 8.01. The summed E-state index contributed by atoms with van der Waals surface area (Å²) in [6, 6.07) is 20.7. The van der Waals surface area contributed by atoms with Crippen LogP contribution in [0.5, 0.6) is 0 Å². The molecule has 164 valence electrons. The number of aryl methyl sites for hydroxylation is 2. The molecule has 2 heterocycles. The van der Waals surface area contributed by atoms with Crippen LogP contribution in [-0.2, 0) is 0 Å². The van der Waals surface area contributed by atoms with Crippen LogP contribution in [0.2, 0.25) is 5.02 Å². The average molecular weight is 457 g/mol. The summed E-state index contributed by atoms with van der Waals surface area (Å²) in [6.07, 6.45) is 0. The minimum Gasteiger partial charge on any atom is -0.451 e. The van der Waals surface area contributed by atoms with Gasteiger partial charge < -0.3 is 9.73 Å². The second-order valence-corrected chi connectivity index (χ2v) is 8.42. The number of rotatable bonds is 4. The van der Waals surface area contributed by atoms with E-state index in [4.69, 9.17) is 16.0 Å². The van der Waals surface area contributed by atoms with E-state index >= 15 is 0 Å². The van der Waals surface area contributed by atoms with Gasteiger partial charge in [-0.25, -0.2) is 0 Å². The molecule has 5 rings (SSSR count). The smallest absolute Gasteiger partial charge is 0.291 e. The highest BCUT2D eigenvalue weighted by Crippen LogP contribution is 2.30. The fraction of sp³-hybridized carbons (Fsp3) is 0.115. The van der Waals surface area contributed by atoms with Crippen molar-refractivity contribution in [3.8, 4) is 17.0 Å². The minimum atomic E-state index is -0.339. The molecular formula is C26H21ClN4O2. The minimum absolute atomic E-state index is 0.215. The van der Waals surface area contributed by atoms with Gasteiger partial charge in [-0.3, -0.25) is 4.79 Å². The quantitative estimate of drug-likeness (QED) is 0.334. The Labute approximate surface area is 195 Å². The summed E-state index contributed by atoms with van der Waals surface area (Å²) in [5, 5.41) is 12.7. The van der Waals surface area contributed by atoms with Crippen molar-refractivity contribution in [2.24, 2.45) is 0 Å². The molecule has 0 bridgehead atoms. The first-order valence-electron chi connectivity index (χ1n) is 10.5. The third-order valence-corrected chi connectivity index (χ3v) is 6.01. The third kappa shape index (κ3) is 4.01. The molecule has 0 aliphatic rings. The zero-order valence-electron chi connectivity index (χ0n) is 18.4. The van der Waals surface area contributed by atoms with Gasteiger partial charge in [0.05, 0.1) is 5.69 Å². The first kappa shape index (κ1) is 21.0. The van der Waals surface area contributed by atoms with E-state index in [1.807, 2.05) is 75.4 Å². The molecule has 3 aromatic carbocycles. The van der Waals surface area contributed by atoms with Gasteiger partial charge in [-0.05, 0) is 74.4 Å². The van der Waals surface area contributed by atoms with Gasteiger partial charge in [0, 0.05) is 16.3 Å². The zero-order valence-corrected chi connectivity index (χ0v) is 19.1. The van der Waals surface area contributed by atoms with E-state index in [1.54, 1.807) is 16.9 Å². The SMILES string of the molecule is Cc1ccc(-n2nc3cc(C)c(NC(=O)c4ccc(-c5cccc(Cl)c5C)o4)cc3n2)cc1. The molecule has 7 heteroatoms. The summed E-state index contributed by atoms with van der Waals surface area (Å²) in [5.41, 5.74) is 6.77. The van der Waals surface area contributed by atoms with Crippen LogP contribution < -0.4 is 5.32 Å². The number of nitrogens with one attached hydrogen (secondary N) is 1. The van der Waals surface area contributed by atoms with Crippen LogP contribution in [0.25, 0.3) is 28.0 Å². The molecule has 0 aliphatic heterocycles. The van der Waals surface area contributed by atoms with E-state index in [1.165, 1.54) is 5.56 Å². The molecule has 0 saturated heterocycles. The molecule has 0 spiro atoms. The summed E-state index contributed by atoms with van der Waals surface area (Å²) < 4.78 is 5.84. The van der Waals surface area contributed by atoms with E-state index < -0.39 is 0 Å². The van der Waals surface area contributed by atoms with Gasteiger partial charge >= 0.3 is 0 Å². The molecule has 0 aliphatic carbocycles. The van der Waals surface area contributed by atoms with Crippen molar-refractivity contribution in [3.05, 3.63) is 94.2 Å². The van der Waals surface area contributed by atoms with Crippen LogP contribution >= 0.6 is 11.6 Å². The number of carbonyl (C=O) groups is 1. The summed E-state index contributed by atoms with van der Waals surface area (Å²) >= 11 is 6.22. The zero-order chi connectivity index (χ0) is 23.1. The Morgan fingerprint density at radius 2 is 1.67 bits per heavy atom. The fourth-order valence-corrected chi connectivity index (χ4v) is 3.83. The highest BCUT2D eigenvalue weighted by Gasteiger charge is 2.16. The van der Waals surface area contributed by atoms with E-state index in [0.717, 1.165) is 27.9 Å². The number of benzene rings is 3. The second kappa shape index (κ2) is 8.22. The van der Waals surface area contributed by atoms with Crippen molar-refractivity contribution < 1.29 is 9.21 Å². The maximum Gasteiger partial charge on any atom is 0.291 e. The number of hydrogen-bond acceptors (Lipinski definition) is 4. The largest absolute Gasteiger partial charge is 0.451 e. The van der Waals surface area contributed by atoms with Crippen LogP contribution in [0.4, 0.5) is 5.69 Å². The lowest BCUT2D eigenvalue weighted by molar-refractivity contribution is 0.0997. The Balaban J connectivity index is 1.41. The van der Waals surface area contributed by atoms with Gasteiger partial charge in [-0.15, -0.1) is 10.2 Å². The van der Waals surface area contributed by atoms with Gasteiger partial charge in [0.15, 0.2) is 5.76 Å². The molecule has 0 fully saturated rings. The van der Waals surface area contributed by atoms with Crippen molar-refractivity contribution in [2.45, 2.75) is 20.8 Å². The highest BCUT2D eigenvalue weighted by molar-refractivity contribution is 6.31. The monoisotopic (exact) mass is 456 g/mol. The predicted octanol–water partition coefficient (Wildman–Crippen LogP) is 6.51. The Hall–Kier alpha value is -3.90. The molecule has 33 heavy (non-hydrogen) atoms. The van der Waals surface area contributed by atoms with Crippen molar-refractivity contribution in [3.63, 3.8) is 0 Å². The van der Waals surface area contributed by atoms with Crippen LogP contribution in [-0.4, -0.2) is 20.9 Å². The van der Waals surface area contributed by atoms with Gasteiger partial charge in [-0.2, -0.15) is 4.80 Å². The lowest BCUT2D eigenvalue weighted by Gasteiger charge is -2.07. The molecule has 2 aromatic heterocycles. The van der Waals surface area contributed by atoms with Crippen molar-refractivity contribution in [2.75, 3.05) is 5.32 Å². The molecule has 5 aromatic rings. The van der Waals surface area contributed by atoms with E-state index in [9.17, 15) is 4.79 Å². The number of aromatic nitrogens is 3. The Kier molecular flexibility index (Phi) is 5.23. The number of halogens is 1. The third-order valence-electron chi connectivity index (χ3n) is 5.60. The topological polar surface area (TPSA) is 73.0 Å². The van der Waals surface area contributed by atoms with Gasteiger partial charge in [-0.1, -0.05) is 41.4 Å². The molecular weight excluding hydrogens is 436 g/mol. The molecule has 0 saturated carbocycles. The number of amides is 1. The number of hydrogen-bond donors (Lipinski definition) is 1. The number of carbonyl (C=O) groups excluding carboxylic acids is 1. The lowest BCUT2D eigenvalue weighted by atomic mass is 10.1. The number of nitrogens with zero attached hydrogens (tertiary/aromatic N) is 3. The predicted molar refractivity (Wildman–Crippen MR) is 130 cm³/mol. The van der Waals surface area contributed by atoms with Crippen LogP contribution in [0.15, 0.2) is 71.1 Å². The van der Waals surface area contributed by atoms with Gasteiger partial charge in [0.2, 0.25) is 0 Å². The fourth-order valence-electron chi connectivity index (χ4n) is 3.66. The van der Waals surface area contributed by atoms with Crippen molar-refractivity contribution in [1.29, 1.82) is 0 Å². The Bertz CT molecular complexity index is 1500. The summed E-state index contributed by atoms with van der Waals surface area (Å²) in [4.78, 5) is 14.5.